The molecule has 5 nitrogen and oxygen atoms in total. The van der Waals surface area contributed by atoms with E-state index in [1.807, 2.05) is 44.4 Å². The number of thioether (sulfide) groups is 1. The van der Waals surface area contributed by atoms with Gasteiger partial charge in [-0.15, -0.1) is 11.8 Å². The third-order valence-corrected chi connectivity index (χ3v) is 6.08. The summed E-state index contributed by atoms with van der Waals surface area (Å²) in [5, 5.41) is 2.99. The van der Waals surface area contributed by atoms with E-state index in [1.165, 1.54) is 23.2 Å². The van der Waals surface area contributed by atoms with Gasteiger partial charge in [-0.2, -0.15) is 0 Å². The van der Waals surface area contributed by atoms with E-state index < -0.39 is 0 Å². The van der Waals surface area contributed by atoms with E-state index >= 15 is 0 Å². The number of amides is 1. The normalized spacial score (nSPS) is 19.1. The Morgan fingerprint density at radius 2 is 1.94 bits per heavy atom. The molecule has 31 heavy (non-hydrogen) atoms. The van der Waals surface area contributed by atoms with Crippen LogP contribution in [0.15, 0.2) is 77.0 Å². The quantitative estimate of drug-likeness (QED) is 0.515. The average Bonchev–Trinajstić information content (AvgIpc) is 2.79. The van der Waals surface area contributed by atoms with Crippen molar-refractivity contribution in [3.8, 4) is 0 Å². The van der Waals surface area contributed by atoms with Gasteiger partial charge in [-0.25, -0.2) is 4.39 Å². The van der Waals surface area contributed by atoms with Crippen molar-refractivity contribution < 1.29 is 13.9 Å². The molecular weight excluding hydrogens is 413 g/mol. The van der Waals surface area contributed by atoms with Crippen molar-refractivity contribution in [2.45, 2.75) is 30.8 Å². The predicted octanol–water partition coefficient (Wildman–Crippen LogP) is 4.38. The Bertz CT molecular complexity index is 958. The van der Waals surface area contributed by atoms with E-state index in [4.69, 9.17) is 10.5 Å². The van der Waals surface area contributed by atoms with E-state index in [0.717, 1.165) is 11.3 Å². The number of hydrogen-bond acceptors (Lipinski definition) is 5. The number of morpholine rings is 1. The maximum atomic E-state index is 13.3. The molecule has 1 aliphatic heterocycles. The molecule has 2 atom stereocenters. The monoisotopic (exact) mass is 441 g/mol. The fourth-order valence-electron chi connectivity index (χ4n) is 3.48. The molecule has 0 saturated carbocycles. The molecule has 1 amide bonds. The van der Waals surface area contributed by atoms with Gasteiger partial charge in [0.15, 0.2) is 0 Å². The van der Waals surface area contributed by atoms with Gasteiger partial charge >= 0.3 is 0 Å². The van der Waals surface area contributed by atoms with Crippen molar-refractivity contribution in [3.05, 3.63) is 83.5 Å². The van der Waals surface area contributed by atoms with E-state index in [-0.39, 0.29) is 23.8 Å². The van der Waals surface area contributed by atoms with E-state index in [1.54, 1.807) is 30.0 Å². The number of rotatable bonds is 6. The fraction of sp³-hybridized carbons (Fsp3) is 0.292. The number of hydrogen-bond donors (Lipinski definition) is 2. The summed E-state index contributed by atoms with van der Waals surface area (Å²) in [6.45, 7) is 5.05. The Labute approximate surface area is 187 Å². The van der Waals surface area contributed by atoms with E-state index in [9.17, 15) is 9.18 Å². The molecule has 164 valence electrons. The number of benzene rings is 2. The van der Waals surface area contributed by atoms with E-state index in [2.05, 4.69) is 10.2 Å². The van der Waals surface area contributed by atoms with Gasteiger partial charge < -0.3 is 20.7 Å². The Hall–Kier alpha value is -2.93. The molecule has 1 heterocycles. The largest absolute Gasteiger partial charge is 0.494 e. The second kappa shape index (κ2) is 10.4. The van der Waals surface area contributed by atoms with Gasteiger partial charge in [-0.05, 0) is 68.1 Å². The lowest BCUT2D eigenvalue weighted by atomic mass is 10.1. The maximum Gasteiger partial charge on any atom is 0.253 e. The molecule has 0 aromatic heterocycles. The van der Waals surface area contributed by atoms with Gasteiger partial charge in [0.1, 0.15) is 18.2 Å². The van der Waals surface area contributed by atoms with Crippen molar-refractivity contribution in [1.82, 2.24) is 5.32 Å². The molecule has 3 N–H and O–H groups in total. The van der Waals surface area contributed by atoms with Crippen LogP contribution in [0.2, 0.25) is 0 Å². The molecule has 1 saturated heterocycles. The second-order valence-electron chi connectivity index (χ2n) is 7.33. The molecule has 2 aromatic carbocycles. The van der Waals surface area contributed by atoms with Crippen molar-refractivity contribution in [2.24, 2.45) is 5.73 Å². The number of ether oxygens (including phenoxy) is 1. The summed E-state index contributed by atoms with van der Waals surface area (Å²) in [5.74, 6) is 0.0909. The highest BCUT2D eigenvalue weighted by atomic mass is 32.2. The molecule has 0 aliphatic carbocycles. The van der Waals surface area contributed by atoms with Crippen LogP contribution in [0.4, 0.5) is 10.1 Å². The summed E-state index contributed by atoms with van der Waals surface area (Å²) < 4.78 is 19.1. The number of nitrogens with zero attached hydrogens (tertiary/aromatic N) is 1. The van der Waals surface area contributed by atoms with Gasteiger partial charge in [0.2, 0.25) is 0 Å². The second-order valence-corrected chi connectivity index (χ2v) is 8.21. The maximum absolute atomic E-state index is 13.3. The van der Waals surface area contributed by atoms with Gasteiger partial charge in [-0.3, -0.25) is 4.79 Å². The lowest BCUT2D eigenvalue weighted by Gasteiger charge is -2.37. The lowest BCUT2D eigenvalue weighted by Crippen LogP contribution is -2.42. The summed E-state index contributed by atoms with van der Waals surface area (Å²) >= 11 is 1.67. The molecule has 0 spiro atoms. The lowest BCUT2D eigenvalue weighted by molar-refractivity contribution is -0.117. The molecule has 1 aliphatic rings. The molecule has 7 heteroatoms. The zero-order valence-electron chi connectivity index (χ0n) is 18.0. The highest BCUT2D eigenvalue weighted by Crippen LogP contribution is 2.26. The van der Waals surface area contributed by atoms with Crippen LogP contribution in [0.5, 0.6) is 0 Å². The third kappa shape index (κ3) is 5.61. The number of carbonyl (C=O) groups excluding carboxylic acids is 1. The van der Waals surface area contributed by atoms with Gasteiger partial charge in [0, 0.05) is 16.8 Å². The summed E-state index contributed by atoms with van der Waals surface area (Å²) in [5.41, 5.74) is 8.01. The SMILES string of the molecule is CSc1ccc(C(C)NC(=O)C(=C/N)/C=C2/OCCN(c3ccc(F)cc3)C2C)cc1. The first-order valence-corrected chi connectivity index (χ1v) is 11.4. The molecule has 2 unspecified atom stereocenters. The molecular formula is C24H28FN3O2S. The molecule has 3 rings (SSSR count). The first kappa shape index (κ1) is 22.7. The zero-order valence-corrected chi connectivity index (χ0v) is 18.8. The van der Waals surface area contributed by atoms with Crippen LogP contribution in [-0.4, -0.2) is 31.4 Å². The topological polar surface area (TPSA) is 67.6 Å². The van der Waals surface area contributed by atoms with Crippen LogP contribution >= 0.6 is 11.8 Å². The van der Waals surface area contributed by atoms with Crippen LogP contribution in [0.3, 0.4) is 0 Å². The highest BCUT2D eigenvalue weighted by Gasteiger charge is 2.25. The average molecular weight is 442 g/mol. The number of halogens is 1. The molecule has 1 fully saturated rings. The third-order valence-electron chi connectivity index (χ3n) is 5.34. The molecule has 0 radical (unpaired) electrons. The summed E-state index contributed by atoms with van der Waals surface area (Å²) in [7, 11) is 0. The zero-order chi connectivity index (χ0) is 22.4. The first-order valence-electron chi connectivity index (χ1n) is 10.2. The van der Waals surface area contributed by atoms with Crippen molar-refractivity contribution in [2.75, 3.05) is 24.3 Å². The Balaban J connectivity index is 1.71. The van der Waals surface area contributed by atoms with Crippen molar-refractivity contribution in [1.29, 1.82) is 0 Å². The Kier molecular flexibility index (Phi) is 7.63. The Morgan fingerprint density at radius 3 is 2.55 bits per heavy atom. The fourth-order valence-corrected chi connectivity index (χ4v) is 3.88. The van der Waals surface area contributed by atoms with Gasteiger partial charge in [0.05, 0.1) is 24.2 Å². The number of anilines is 1. The Morgan fingerprint density at radius 1 is 1.26 bits per heavy atom. The van der Waals surface area contributed by atoms with E-state index in [0.29, 0.717) is 24.5 Å². The number of carbonyl (C=O) groups is 1. The molecule has 0 bridgehead atoms. The van der Waals surface area contributed by atoms with Crippen molar-refractivity contribution in [3.63, 3.8) is 0 Å². The van der Waals surface area contributed by atoms with Crippen LogP contribution in [-0.2, 0) is 9.53 Å². The summed E-state index contributed by atoms with van der Waals surface area (Å²) in [4.78, 5) is 16.1. The minimum atomic E-state index is -0.275. The van der Waals surface area contributed by atoms with Crippen LogP contribution in [0.25, 0.3) is 0 Å². The smallest absolute Gasteiger partial charge is 0.253 e. The van der Waals surface area contributed by atoms with Crippen LogP contribution in [0, 0.1) is 5.82 Å². The van der Waals surface area contributed by atoms with Crippen LogP contribution in [0.1, 0.15) is 25.5 Å². The molecule has 2 aromatic rings. The number of nitrogens with one attached hydrogen (secondary N) is 1. The van der Waals surface area contributed by atoms with Crippen molar-refractivity contribution >= 4 is 23.4 Å². The minimum Gasteiger partial charge on any atom is -0.494 e. The van der Waals surface area contributed by atoms with Gasteiger partial charge in [-0.1, -0.05) is 12.1 Å². The standard InChI is InChI=1S/C24H28FN3O2S/c1-16(18-4-10-22(31-3)11-5-18)27-24(29)19(15-26)14-23-17(2)28(12-13-30-23)21-8-6-20(25)7-9-21/h4-11,14-17H,12-13,26H2,1-3H3,(H,27,29)/b19-15+,23-14+. The summed E-state index contributed by atoms with van der Waals surface area (Å²) in [6.07, 6.45) is 5.00. The highest BCUT2D eigenvalue weighted by molar-refractivity contribution is 7.98. The summed E-state index contributed by atoms with van der Waals surface area (Å²) in [6, 6.07) is 14.1. The minimum absolute atomic E-state index is 0.126. The van der Waals surface area contributed by atoms with Crippen LogP contribution < -0.4 is 16.0 Å². The first-order chi connectivity index (χ1) is 14.9. The number of nitrogens with two attached hydrogens (primary N) is 1. The van der Waals surface area contributed by atoms with Gasteiger partial charge in [0.25, 0.3) is 5.91 Å². The predicted molar refractivity (Wildman–Crippen MR) is 124 cm³/mol.